The van der Waals surface area contributed by atoms with Gasteiger partial charge in [0.1, 0.15) is 18.5 Å². The summed E-state index contributed by atoms with van der Waals surface area (Å²) in [6.45, 7) is -0.319. The van der Waals surface area contributed by atoms with E-state index in [1.54, 1.807) is 115 Å². The third-order valence-electron chi connectivity index (χ3n) is 6.42. The van der Waals surface area contributed by atoms with Crippen LogP contribution in [-0.2, 0) is 23.8 Å². The van der Waals surface area contributed by atoms with Gasteiger partial charge in [-0.3, -0.25) is 0 Å². The summed E-state index contributed by atoms with van der Waals surface area (Å²) in [5.41, 5.74) is 0.875. The van der Waals surface area contributed by atoms with Crippen LogP contribution in [0.3, 0.4) is 0 Å². The molecule has 10 heteroatoms. The van der Waals surface area contributed by atoms with Crippen molar-refractivity contribution in [3.63, 3.8) is 0 Å². The maximum Gasteiger partial charge on any atom is 0.338 e. The van der Waals surface area contributed by atoms with Gasteiger partial charge in [0.2, 0.25) is 12.4 Å². The summed E-state index contributed by atoms with van der Waals surface area (Å²) in [5, 5.41) is 0. The first-order valence-electron chi connectivity index (χ1n) is 13.4. The first-order valence-corrected chi connectivity index (χ1v) is 13.4. The van der Waals surface area contributed by atoms with Crippen molar-refractivity contribution in [1.29, 1.82) is 0 Å². The van der Waals surface area contributed by atoms with Gasteiger partial charge in [-0.15, -0.1) is 0 Å². The van der Waals surface area contributed by atoms with Crippen molar-refractivity contribution in [1.82, 2.24) is 0 Å². The zero-order valence-electron chi connectivity index (χ0n) is 23.1. The lowest BCUT2D eigenvalue weighted by Crippen LogP contribution is -2.43. The van der Waals surface area contributed by atoms with Crippen molar-refractivity contribution < 1.29 is 47.8 Å². The summed E-state index contributed by atoms with van der Waals surface area (Å²) in [4.78, 5) is 48.8. The molecule has 0 N–H and O–H groups in total. The minimum atomic E-state index is -1.24. The average molecular weight is 585 g/mol. The van der Waals surface area contributed by atoms with Gasteiger partial charge in [0.25, 0.3) is 0 Å². The predicted molar refractivity (Wildman–Crippen MR) is 151 cm³/mol. The molecular weight excluding hydrogens is 556 g/mol. The average Bonchev–Trinajstić information content (AvgIpc) is 3.36. The summed E-state index contributed by atoms with van der Waals surface area (Å²) in [5.74, 6) is -1.21. The van der Waals surface area contributed by atoms with Crippen molar-refractivity contribution in [3.05, 3.63) is 132 Å². The van der Waals surface area contributed by atoms with E-state index in [9.17, 15) is 14.4 Å². The number of carbonyl (C=O) groups is 3. The highest BCUT2D eigenvalue weighted by Crippen LogP contribution is 2.32. The number of benzene rings is 4. The van der Waals surface area contributed by atoms with Crippen LogP contribution in [0.1, 0.15) is 31.1 Å². The molecule has 0 bridgehead atoms. The van der Waals surface area contributed by atoms with Gasteiger partial charge in [0, 0.05) is 0 Å². The van der Waals surface area contributed by atoms with Gasteiger partial charge < -0.3 is 28.6 Å². The molecular formula is C33H28O10. The standard InChI is InChI=1S/C33H28O10/c1-37-43-26-19-17-25(18-20-26)39-33-29(42-32(36)24-15-9-4-10-16-24)28(41-31(35)23-13-7-3-8-14-23)27(40-33)21-38-30(34)22-11-5-2-6-12-22/h2-20,27-29,33H,21H2,1H3/t27-,28-,29-,33-/m1/s1. The minimum absolute atomic E-state index is 0.272. The second-order valence-corrected chi connectivity index (χ2v) is 9.32. The van der Waals surface area contributed by atoms with Crippen LogP contribution in [0.15, 0.2) is 115 Å². The molecule has 0 radical (unpaired) electrons. The molecule has 0 aromatic heterocycles. The molecule has 0 unspecified atom stereocenters. The Morgan fingerprint density at radius 2 is 1.07 bits per heavy atom. The molecule has 5 rings (SSSR count). The number of hydrogen-bond acceptors (Lipinski definition) is 10. The molecule has 10 nitrogen and oxygen atoms in total. The zero-order chi connectivity index (χ0) is 30.0. The molecule has 0 spiro atoms. The Bertz CT molecular complexity index is 1490. The normalized spacial score (nSPS) is 19.2. The quantitative estimate of drug-likeness (QED) is 0.103. The van der Waals surface area contributed by atoms with E-state index in [4.69, 9.17) is 28.6 Å². The zero-order valence-corrected chi connectivity index (χ0v) is 23.1. The van der Waals surface area contributed by atoms with Crippen molar-refractivity contribution in [3.8, 4) is 11.5 Å². The molecule has 4 aromatic carbocycles. The van der Waals surface area contributed by atoms with Gasteiger partial charge in [0.15, 0.2) is 11.9 Å². The van der Waals surface area contributed by atoms with Crippen LogP contribution >= 0.6 is 0 Å². The van der Waals surface area contributed by atoms with E-state index in [0.717, 1.165) is 0 Å². The third-order valence-corrected chi connectivity index (χ3v) is 6.42. The fourth-order valence-electron chi connectivity index (χ4n) is 4.34. The van der Waals surface area contributed by atoms with Crippen molar-refractivity contribution >= 4 is 17.9 Å². The predicted octanol–water partition coefficient (Wildman–Crippen LogP) is 5.04. The monoisotopic (exact) mass is 584 g/mol. The third kappa shape index (κ3) is 7.56. The lowest BCUT2D eigenvalue weighted by atomic mass is 10.1. The molecule has 1 saturated heterocycles. The molecule has 0 amide bonds. The molecule has 43 heavy (non-hydrogen) atoms. The molecule has 1 fully saturated rings. The van der Waals surface area contributed by atoms with Crippen molar-refractivity contribution in [2.45, 2.75) is 24.6 Å². The van der Waals surface area contributed by atoms with Gasteiger partial charge in [-0.2, -0.15) is 4.89 Å². The van der Waals surface area contributed by atoms with Gasteiger partial charge in [-0.05, 0) is 60.7 Å². The largest absolute Gasteiger partial charge is 0.461 e. The fourth-order valence-corrected chi connectivity index (χ4v) is 4.34. The van der Waals surface area contributed by atoms with Crippen LogP contribution in [-0.4, -0.2) is 56.2 Å². The van der Waals surface area contributed by atoms with Crippen LogP contribution in [0.5, 0.6) is 11.5 Å². The molecule has 1 aliphatic heterocycles. The van der Waals surface area contributed by atoms with Crippen molar-refractivity contribution in [2.24, 2.45) is 0 Å². The number of rotatable bonds is 11. The number of esters is 3. The highest BCUT2D eigenvalue weighted by Gasteiger charge is 2.52. The fraction of sp³-hybridized carbons (Fsp3) is 0.182. The second kappa shape index (κ2) is 14.1. The Morgan fingerprint density at radius 3 is 1.58 bits per heavy atom. The summed E-state index contributed by atoms with van der Waals surface area (Å²) in [7, 11) is 1.38. The van der Waals surface area contributed by atoms with Crippen LogP contribution in [0, 0.1) is 0 Å². The van der Waals surface area contributed by atoms with E-state index in [1.165, 1.54) is 7.11 Å². The Morgan fingerprint density at radius 1 is 0.605 bits per heavy atom. The van der Waals surface area contributed by atoms with Crippen molar-refractivity contribution in [2.75, 3.05) is 13.7 Å². The molecule has 1 aliphatic rings. The van der Waals surface area contributed by atoms with Gasteiger partial charge in [0.05, 0.1) is 23.8 Å². The van der Waals surface area contributed by atoms with E-state index < -0.39 is 42.5 Å². The van der Waals surface area contributed by atoms with Crippen LogP contribution < -0.4 is 9.62 Å². The van der Waals surface area contributed by atoms with E-state index >= 15 is 0 Å². The topological polar surface area (TPSA) is 116 Å². The van der Waals surface area contributed by atoms with E-state index in [2.05, 4.69) is 4.89 Å². The molecule has 1 heterocycles. The number of hydrogen-bond donors (Lipinski definition) is 0. The first-order chi connectivity index (χ1) is 21.0. The van der Waals surface area contributed by atoms with E-state index in [-0.39, 0.29) is 17.7 Å². The SMILES string of the molecule is COOc1ccc(O[C@@H]2O[C@H](COC(=O)c3ccccc3)[C@@H](OC(=O)c3ccccc3)[C@H]2OC(=O)c2ccccc2)cc1. The molecule has 220 valence electrons. The Balaban J connectivity index is 1.43. The van der Waals surface area contributed by atoms with Crippen LogP contribution in [0.2, 0.25) is 0 Å². The lowest BCUT2D eigenvalue weighted by Gasteiger charge is -2.24. The van der Waals surface area contributed by atoms with Crippen LogP contribution in [0.25, 0.3) is 0 Å². The van der Waals surface area contributed by atoms with E-state index in [0.29, 0.717) is 17.1 Å². The van der Waals surface area contributed by atoms with E-state index in [1.807, 2.05) is 0 Å². The number of ether oxygens (including phenoxy) is 5. The lowest BCUT2D eigenvalue weighted by molar-refractivity contribution is -0.178. The second-order valence-electron chi connectivity index (χ2n) is 9.32. The molecule has 0 aliphatic carbocycles. The summed E-state index contributed by atoms with van der Waals surface area (Å²) in [6.07, 6.45) is -4.73. The minimum Gasteiger partial charge on any atom is -0.461 e. The Kier molecular flexibility index (Phi) is 9.63. The van der Waals surface area contributed by atoms with Gasteiger partial charge in [-0.25, -0.2) is 14.4 Å². The smallest absolute Gasteiger partial charge is 0.338 e. The Hall–Kier alpha value is -5.19. The Labute approximate surface area is 247 Å². The first kappa shape index (κ1) is 29.3. The highest BCUT2D eigenvalue weighted by atomic mass is 17.2. The van der Waals surface area contributed by atoms with Gasteiger partial charge in [-0.1, -0.05) is 54.6 Å². The maximum atomic E-state index is 13.2. The van der Waals surface area contributed by atoms with Gasteiger partial charge >= 0.3 is 17.9 Å². The summed E-state index contributed by atoms with van der Waals surface area (Å²) in [6, 6.07) is 31.5. The number of carbonyl (C=O) groups excluding carboxylic acids is 3. The molecule has 0 saturated carbocycles. The highest BCUT2D eigenvalue weighted by molar-refractivity contribution is 5.91. The molecule has 4 atom stereocenters. The van der Waals surface area contributed by atoms with Crippen LogP contribution in [0.4, 0.5) is 0 Å². The summed E-state index contributed by atoms with van der Waals surface area (Å²) >= 11 is 0. The maximum absolute atomic E-state index is 13.2. The molecule has 4 aromatic rings. The summed E-state index contributed by atoms with van der Waals surface area (Å²) < 4.78 is 29.4.